The Kier molecular flexibility index (Phi) is 38.6. The summed E-state index contributed by atoms with van der Waals surface area (Å²) < 4.78 is 32.6. The molecule has 0 aromatic rings. The number of allylic oxidation sites excluding steroid dienone is 6. The van der Waals surface area contributed by atoms with E-state index in [-0.39, 0.29) is 32.6 Å². The van der Waals surface area contributed by atoms with Crippen molar-refractivity contribution in [1.82, 2.24) is 0 Å². The Morgan fingerprint density at radius 3 is 1.47 bits per heavy atom. The predicted molar refractivity (Wildman–Crippen MR) is 220 cm³/mol. The van der Waals surface area contributed by atoms with E-state index < -0.39 is 32.5 Å². The van der Waals surface area contributed by atoms with Gasteiger partial charge < -0.3 is 20.1 Å². The predicted octanol–water partition coefficient (Wildman–Crippen LogP) is 12.2. The molecule has 0 rings (SSSR count). The monoisotopic (exact) mass is 770 g/mol. The Balaban J connectivity index is 4.27. The average Bonchev–Trinajstić information content (AvgIpc) is 3.14. The fraction of sp³-hybridized carbons (Fsp3) is 0.814. The number of phosphoric ester groups is 1. The van der Waals surface area contributed by atoms with Gasteiger partial charge in [0.05, 0.1) is 13.2 Å². The molecule has 53 heavy (non-hydrogen) atoms. The molecule has 0 saturated carbocycles. The van der Waals surface area contributed by atoms with Gasteiger partial charge in [-0.3, -0.25) is 18.6 Å². The quantitative estimate of drug-likeness (QED) is 0.0270. The minimum absolute atomic E-state index is 0.0420. The third kappa shape index (κ3) is 39.7. The molecule has 0 aromatic heterocycles. The minimum Gasteiger partial charge on any atom is -0.462 e. The van der Waals surface area contributed by atoms with Gasteiger partial charge in [0.15, 0.2) is 6.10 Å². The van der Waals surface area contributed by atoms with Crippen molar-refractivity contribution in [3.63, 3.8) is 0 Å². The SMILES string of the molecule is CCCCCCCCCCCC/C=C\C/C=C\CCC(=O)OC(COC(=O)CC/C=C\CCCCCCCCCCCCC)COP(=O)(O)OCCN. The maximum Gasteiger partial charge on any atom is 0.472 e. The molecular weight excluding hydrogens is 689 g/mol. The van der Waals surface area contributed by atoms with Crippen LogP contribution < -0.4 is 5.73 Å². The molecule has 9 nitrogen and oxygen atoms in total. The zero-order valence-corrected chi connectivity index (χ0v) is 34.9. The molecule has 0 aliphatic heterocycles. The van der Waals surface area contributed by atoms with E-state index in [1.807, 2.05) is 18.2 Å². The van der Waals surface area contributed by atoms with Gasteiger partial charge in [-0.25, -0.2) is 4.57 Å². The highest BCUT2D eigenvalue weighted by atomic mass is 31.2. The largest absolute Gasteiger partial charge is 0.472 e. The van der Waals surface area contributed by atoms with Crippen LogP contribution in [0.5, 0.6) is 0 Å². The summed E-state index contributed by atoms with van der Waals surface area (Å²) in [6.45, 7) is 3.64. The second-order valence-electron chi connectivity index (χ2n) is 14.2. The van der Waals surface area contributed by atoms with Gasteiger partial charge in [0.25, 0.3) is 0 Å². The Labute approximate surface area is 324 Å². The number of hydrogen-bond acceptors (Lipinski definition) is 8. The standard InChI is InChI=1S/C43H80NO8P/c1-3-5-7-9-11-13-15-17-19-20-22-24-26-28-30-32-34-36-43(46)52-41(40-51-53(47,48)50-38-37-44)39-49-42(45)35-33-31-29-27-25-23-21-18-16-14-12-10-8-6-4-2/h24,26,29-32,41H,3-23,25,27-28,33-40,44H2,1-2H3,(H,47,48)/b26-24-,31-29-,32-30-. The molecule has 3 N–H and O–H groups in total. The van der Waals surface area contributed by atoms with E-state index in [0.29, 0.717) is 12.8 Å². The number of phosphoric acid groups is 1. The van der Waals surface area contributed by atoms with Crippen LogP contribution >= 0.6 is 7.82 Å². The van der Waals surface area contributed by atoms with E-state index >= 15 is 0 Å². The van der Waals surface area contributed by atoms with Gasteiger partial charge >= 0.3 is 19.8 Å². The number of hydrogen-bond donors (Lipinski definition) is 2. The summed E-state index contributed by atoms with van der Waals surface area (Å²) >= 11 is 0. The third-order valence-corrected chi connectivity index (χ3v) is 10.0. The molecule has 0 bridgehead atoms. The summed E-state index contributed by atoms with van der Waals surface area (Å²) in [6.07, 6.45) is 43.5. The molecule has 10 heteroatoms. The second kappa shape index (κ2) is 39.9. The van der Waals surface area contributed by atoms with E-state index in [1.165, 1.54) is 128 Å². The van der Waals surface area contributed by atoms with Crippen LogP contribution in [0.25, 0.3) is 0 Å². The van der Waals surface area contributed by atoms with E-state index in [0.717, 1.165) is 25.7 Å². The maximum atomic E-state index is 12.5. The first-order valence-electron chi connectivity index (χ1n) is 21.5. The number of nitrogens with two attached hydrogens (primary N) is 1. The zero-order valence-electron chi connectivity index (χ0n) is 34.0. The lowest BCUT2D eigenvalue weighted by Crippen LogP contribution is -2.29. The van der Waals surface area contributed by atoms with Gasteiger partial charge in [-0.2, -0.15) is 0 Å². The molecule has 0 fully saturated rings. The molecule has 0 aliphatic rings. The fourth-order valence-corrected chi connectivity index (χ4v) is 6.59. The molecular formula is C43H80NO8P. The summed E-state index contributed by atoms with van der Waals surface area (Å²) in [6, 6.07) is 0. The van der Waals surface area contributed by atoms with Crippen molar-refractivity contribution in [2.45, 2.75) is 200 Å². The zero-order chi connectivity index (χ0) is 38.9. The van der Waals surface area contributed by atoms with E-state index in [4.69, 9.17) is 24.3 Å². The molecule has 0 aliphatic carbocycles. The number of esters is 2. The van der Waals surface area contributed by atoms with Crippen LogP contribution in [0.2, 0.25) is 0 Å². The van der Waals surface area contributed by atoms with Crippen molar-refractivity contribution in [3.8, 4) is 0 Å². The van der Waals surface area contributed by atoms with E-state index in [2.05, 4.69) is 32.1 Å². The summed E-state index contributed by atoms with van der Waals surface area (Å²) in [4.78, 5) is 34.7. The molecule has 0 saturated heterocycles. The number of ether oxygens (including phenoxy) is 2. The van der Waals surface area contributed by atoms with Crippen molar-refractivity contribution >= 4 is 19.8 Å². The molecule has 0 heterocycles. The van der Waals surface area contributed by atoms with Crippen molar-refractivity contribution < 1.29 is 37.6 Å². The van der Waals surface area contributed by atoms with Crippen LogP contribution in [0.1, 0.15) is 194 Å². The maximum absolute atomic E-state index is 12.5. The summed E-state index contributed by atoms with van der Waals surface area (Å²) in [5.41, 5.74) is 5.34. The van der Waals surface area contributed by atoms with Gasteiger partial charge in [-0.05, 0) is 44.9 Å². The normalized spacial score (nSPS) is 13.7. The van der Waals surface area contributed by atoms with Crippen molar-refractivity contribution in [1.29, 1.82) is 0 Å². The summed E-state index contributed by atoms with van der Waals surface area (Å²) in [7, 11) is -4.39. The van der Waals surface area contributed by atoms with Crippen LogP contribution in [0, 0.1) is 0 Å². The number of carbonyl (C=O) groups is 2. The van der Waals surface area contributed by atoms with Gasteiger partial charge in [-0.1, -0.05) is 172 Å². The Morgan fingerprint density at radius 1 is 0.566 bits per heavy atom. The van der Waals surface area contributed by atoms with E-state index in [9.17, 15) is 19.0 Å². The average molecular weight is 770 g/mol. The lowest BCUT2D eigenvalue weighted by atomic mass is 10.1. The Morgan fingerprint density at radius 2 is 0.981 bits per heavy atom. The van der Waals surface area contributed by atoms with Gasteiger partial charge in [0, 0.05) is 19.4 Å². The molecule has 2 unspecified atom stereocenters. The van der Waals surface area contributed by atoms with Crippen LogP contribution in [0.15, 0.2) is 36.5 Å². The smallest absolute Gasteiger partial charge is 0.462 e. The van der Waals surface area contributed by atoms with Crippen LogP contribution in [-0.2, 0) is 32.7 Å². The first kappa shape index (κ1) is 51.2. The molecule has 0 aromatic carbocycles. The van der Waals surface area contributed by atoms with Gasteiger partial charge in [-0.15, -0.1) is 0 Å². The van der Waals surface area contributed by atoms with Crippen molar-refractivity contribution in [3.05, 3.63) is 36.5 Å². The van der Waals surface area contributed by atoms with Crippen LogP contribution in [0.3, 0.4) is 0 Å². The number of unbranched alkanes of at least 4 members (excludes halogenated alkanes) is 21. The van der Waals surface area contributed by atoms with Gasteiger partial charge in [0.2, 0.25) is 0 Å². The Bertz CT molecular complexity index is 970. The highest BCUT2D eigenvalue weighted by Gasteiger charge is 2.25. The van der Waals surface area contributed by atoms with Crippen LogP contribution in [0.4, 0.5) is 0 Å². The Hall–Kier alpha value is -1.77. The van der Waals surface area contributed by atoms with E-state index in [1.54, 1.807) is 0 Å². The second-order valence-corrected chi connectivity index (χ2v) is 15.7. The number of carbonyl (C=O) groups excluding carboxylic acids is 2. The first-order chi connectivity index (χ1) is 25.8. The molecule has 0 amide bonds. The highest BCUT2D eigenvalue weighted by Crippen LogP contribution is 2.43. The van der Waals surface area contributed by atoms with Crippen molar-refractivity contribution in [2.24, 2.45) is 5.73 Å². The summed E-state index contributed by atoms with van der Waals surface area (Å²) in [5.74, 6) is -0.960. The fourth-order valence-electron chi connectivity index (χ4n) is 5.82. The van der Waals surface area contributed by atoms with Gasteiger partial charge in [0.1, 0.15) is 6.61 Å². The molecule has 0 spiro atoms. The molecule has 310 valence electrons. The molecule has 0 radical (unpaired) electrons. The van der Waals surface area contributed by atoms with Crippen molar-refractivity contribution in [2.75, 3.05) is 26.4 Å². The topological polar surface area (TPSA) is 134 Å². The lowest BCUT2D eigenvalue weighted by molar-refractivity contribution is -0.161. The highest BCUT2D eigenvalue weighted by molar-refractivity contribution is 7.47. The molecule has 2 atom stereocenters. The minimum atomic E-state index is -4.39. The van der Waals surface area contributed by atoms with Crippen LogP contribution in [-0.4, -0.2) is 49.3 Å². The number of rotatable bonds is 40. The first-order valence-corrected chi connectivity index (χ1v) is 23.0. The third-order valence-electron chi connectivity index (χ3n) is 9.03. The summed E-state index contributed by atoms with van der Waals surface area (Å²) in [5, 5.41) is 0. The lowest BCUT2D eigenvalue weighted by Gasteiger charge is -2.19.